The van der Waals surface area contributed by atoms with Gasteiger partial charge in [0.05, 0.1) is 11.3 Å². The van der Waals surface area contributed by atoms with Crippen LogP contribution >= 0.6 is 0 Å². The van der Waals surface area contributed by atoms with Crippen LogP contribution in [0, 0.1) is 22.6 Å². The van der Waals surface area contributed by atoms with Crippen molar-refractivity contribution >= 4 is 10.9 Å². The van der Waals surface area contributed by atoms with Crippen LogP contribution in [0.5, 0.6) is 0 Å². The number of fused-ring (bicyclic) bond motifs is 1. The normalized spacial score (nSPS) is 13.0. The number of rotatable bonds is 3. The Hall–Kier alpha value is -2.71. The molecule has 3 rings (SSSR count). The van der Waals surface area contributed by atoms with Gasteiger partial charge in [0.2, 0.25) is 0 Å². The predicted octanol–water partition coefficient (Wildman–Crippen LogP) is 4.78. The highest BCUT2D eigenvalue weighted by molar-refractivity contribution is 5.89. The molecular weight excluding hydrogens is 327 g/mol. The first-order chi connectivity index (χ1) is 12.2. The fraction of sp³-hybridized carbons (Fsp3) is 0.333. The van der Waals surface area contributed by atoms with Crippen LogP contribution in [0.3, 0.4) is 0 Å². The van der Waals surface area contributed by atoms with Gasteiger partial charge in [0, 0.05) is 41.4 Å². The van der Waals surface area contributed by atoms with Gasteiger partial charge in [-0.3, -0.25) is 4.98 Å². The molecule has 0 aliphatic carbocycles. The van der Waals surface area contributed by atoms with Crippen LogP contribution < -0.4 is 5.73 Å². The lowest BCUT2D eigenvalue weighted by atomic mass is 9.96. The van der Waals surface area contributed by atoms with Gasteiger partial charge in [0.15, 0.2) is 0 Å². The molecule has 0 amide bonds. The molecular formula is C21H23FN4. The van der Waals surface area contributed by atoms with E-state index in [1.165, 1.54) is 6.07 Å². The predicted molar refractivity (Wildman–Crippen MR) is 102 cm³/mol. The van der Waals surface area contributed by atoms with Gasteiger partial charge in [-0.1, -0.05) is 20.8 Å². The van der Waals surface area contributed by atoms with Gasteiger partial charge in [-0.25, -0.2) is 4.39 Å². The topological polar surface area (TPSA) is 67.6 Å². The van der Waals surface area contributed by atoms with Gasteiger partial charge in [-0.2, -0.15) is 5.26 Å². The third-order valence-electron chi connectivity index (χ3n) is 4.32. The van der Waals surface area contributed by atoms with E-state index in [1.54, 1.807) is 24.4 Å². The second-order valence-electron chi connectivity index (χ2n) is 7.92. The van der Waals surface area contributed by atoms with Crippen LogP contribution in [-0.4, -0.2) is 9.55 Å². The highest BCUT2D eigenvalue weighted by Crippen LogP contribution is 2.34. The number of pyridine rings is 1. The third kappa shape index (κ3) is 3.33. The van der Waals surface area contributed by atoms with Gasteiger partial charge < -0.3 is 10.3 Å². The second kappa shape index (κ2) is 6.54. The van der Waals surface area contributed by atoms with Crippen LogP contribution in [0.1, 0.15) is 44.9 Å². The van der Waals surface area contributed by atoms with E-state index >= 15 is 0 Å². The highest BCUT2D eigenvalue weighted by Gasteiger charge is 2.20. The number of nitrogens with zero attached hydrogens (tertiary/aromatic N) is 3. The lowest BCUT2D eigenvalue weighted by molar-refractivity contribution is 0.349. The molecule has 0 aliphatic rings. The summed E-state index contributed by atoms with van der Waals surface area (Å²) in [5.41, 5.74) is 9.03. The van der Waals surface area contributed by atoms with Crippen LogP contribution in [0.2, 0.25) is 0 Å². The van der Waals surface area contributed by atoms with Crippen molar-refractivity contribution in [3.63, 3.8) is 0 Å². The molecule has 3 aromatic rings. The van der Waals surface area contributed by atoms with E-state index in [1.807, 2.05) is 13.1 Å². The van der Waals surface area contributed by atoms with Gasteiger partial charge >= 0.3 is 0 Å². The first-order valence-electron chi connectivity index (χ1n) is 8.64. The molecule has 1 atom stereocenters. The average Bonchev–Trinajstić information content (AvgIpc) is 2.90. The molecule has 0 aliphatic heterocycles. The van der Waals surface area contributed by atoms with Crippen molar-refractivity contribution in [1.29, 1.82) is 5.26 Å². The Kier molecular flexibility index (Phi) is 4.55. The summed E-state index contributed by atoms with van der Waals surface area (Å²) in [6, 6.07) is 8.51. The molecule has 1 unspecified atom stereocenters. The highest BCUT2D eigenvalue weighted by atomic mass is 19.1. The van der Waals surface area contributed by atoms with Crippen LogP contribution in [0.25, 0.3) is 22.2 Å². The van der Waals surface area contributed by atoms with E-state index in [9.17, 15) is 9.65 Å². The first kappa shape index (κ1) is 18.1. The Balaban J connectivity index is 2.30. The molecule has 2 N–H and O–H groups in total. The van der Waals surface area contributed by atoms with Gasteiger partial charge in [-0.15, -0.1) is 0 Å². The zero-order valence-electron chi connectivity index (χ0n) is 15.5. The number of aromatic nitrogens is 2. The van der Waals surface area contributed by atoms with Crippen molar-refractivity contribution in [2.24, 2.45) is 11.1 Å². The Labute approximate surface area is 153 Å². The lowest BCUT2D eigenvalue weighted by Gasteiger charge is -2.20. The molecule has 2 heterocycles. The number of hydrogen-bond donors (Lipinski definition) is 1. The number of nitriles is 1. The molecule has 4 nitrogen and oxygen atoms in total. The smallest absolute Gasteiger partial charge is 0.133 e. The second-order valence-corrected chi connectivity index (χ2v) is 7.92. The number of benzene rings is 1. The molecule has 0 radical (unpaired) electrons. The SMILES string of the molecule is CC(N)c1cn(CC(C)(C)C)c2cc(-c3ncccc3C#N)c(F)cc12. The molecule has 2 aromatic heterocycles. The van der Waals surface area contributed by atoms with Crippen molar-refractivity contribution in [2.45, 2.75) is 40.3 Å². The number of hydrogen-bond acceptors (Lipinski definition) is 3. The fourth-order valence-electron chi connectivity index (χ4n) is 3.23. The molecule has 0 saturated heterocycles. The third-order valence-corrected chi connectivity index (χ3v) is 4.32. The summed E-state index contributed by atoms with van der Waals surface area (Å²) in [6.07, 6.45) is 3.58. The zero-order valence-corrected chi connectivity index (χ0v) is 15.5. The standard InChI is InChI=1S/C21H23FN4/c1-13(24)17-11-26(12-21(2,3)4)19-9-16(18(22)8-15(17)19)20-14(10-23)6-5-7-25-20/h5-9,11,13H,12,24H2,1-4H3. The Bertz CT molecular complexity index is 1000. The Morgan fingerprint density at radius 1 is 1.35 bits per heavy atom. The summed E-state index contributed by atoms with van der Waals surface area (Å²) in [7, 11) is 0. The lowest BCUT2D eigenvalue weighted by Crippen LogP contribution is -2.14. The summed E-state index contributed by atoms with van der Waals surface area (Å²) < 4.78 is 17.0. The van der Waals surface area contributed by atoms with Crippen LogP contribution in [-0.2, 0) is 6.54 Å². The van der Waals surface area contributed by atoms with Gasteiger partial charge in [-0.05, 0) is 42.2 Å². The first-order valence-corrected chi connectivity index (χ1v) is 8.64. The zero-order chi connectivity index (χ0) is 19.1. The minimum Gasteiger partial charge on any atom is -0.347 e. The van der Waals surface area contributed by atoms with E-state index in [-0.39, 0.29) is 11.5 Å². The summed E-state index contributed by atoms with van der Waals surface area (Å²) in [6.45, 7) is 9.13. The monoisotopic (exact) mass is 350 g/mol. The van der Waals surface area contributed by atoms with Crippen LogP contribution in [0.15, 0.2) is 36.7 Å². The number of halogens is 1. The Morgan fingerprint density at radius 2 is 2.08 bits per heavy atom. The molecule has 5 heteroatoms. The van der Waals surface area contributed by atoms with Crippen molar-refractivity contribution in [2.75, 3.05) is 0 Å². The van der Waals surface area contributed by atoms with Crippen molar-refractivity contribution in [3.05, 3.63) is 53.6 Å². The number of nitrogens with two attached hydrogens (primary N) is 1. The van der Waals surface area contributed by atoms with Crippen molar-refractivity contribution < 1.29 is 4.39 Å². The fourth-order valence-corrected chi connectivity index (χ4v) is 3.23. The molecule has 26 heavy (non-hydrogen) atoms. The maximum atomic E-state index is 14.9. The molecule has 0 saturated carbocycles. The van der Waals surface area contributed by atoms with Crippen LogP contribution in [0.4, 0.5) is 4.39 Å². The molecule has 0 fully saturated rings. The maximum Gasteiger partial charge on any atom is 0.133 e. The minimum absolute atomic E-state index is 0.0540. The van der Waals surface area contributed by atoms with Gasteiger partial charge in [0.25, 0.3) is 0 Å². The maximum absolute atomic E-state index is 14.9. The Morgan fingerprint density at radius 3 is 2.69 bits per heavy atom. The largest absolute Gasteiger partial charge is 0.347 e. The minimum atomic E-state index is -0.400. The quantitative estimate of drug-likeness (QED) is 0.739. The van der Waals surface area contributed by atoms with E-state index in [2.05, 4.69) is 36.4 Å². The van der Waals surface area contributed by atoms with Crippen molar-refractivity contribution in [1.82, 2.24) is 9.55 Å². The summed E-state index contributed by atoms with van der Waals surface area (Å²) in [5.74, 6) is -0.400. The average molecular weight is 350 g/mol. The van der Waals surface area contributed by atoms with E-state index in [0.717, 1.165) is 23.0 Å². The van der Waals surface area contributed by atoms with Crippen molar-refractivity contribution in [3.8, 4) is 17.3 Å². The van der Waals surface area contributed by atoms with E-state index < -0.39 is 5.82 Å². The molecule has 0 spiro atoms. The summed E-state index contributed by atoms with van der Waals surface area (Å²) in [4.78, 5) is 4.24. The molecule has 134 valence electrons. The summed E-state index contributed by atoms with van der Waals surface area (Å²) >= 11 is 0. The molecule has 0 bridgehead atoms. The van der Waals surface area contributed by atoms with E-state index in [4.69, 9.17) is 5.73 Å². The van der Waals surface area contributed by atoms with Gasteiger partial charge in [0.1, 0.15) is 11.9 Å². The molecule has 1 aromatic carbocycles. The van der Waals surface area contributed by atoms with E-state index in [0.29, 0.717) is 16.8 Å². The summed E-state index contributed by atoms with van der Waals surface area (Å²) in [5, 5.41) is 10.1.